The van der Waals surface area contributed by atoms with Gasteiger partial charge >= 0.3 is 5.69 Å². The highest BCUT2D eigenvalue weighted by Crippen LogP contribution is 2.32. The molecule has 0 saturated heterocycles. The lowest BCUT2D eigenvalue weighted by Gasteiger charge is -2.22. The number of fused-ring (bicyclic) bond motifs is 1. The van der Waals surface area contributed by atoms with Crippen molar-refractivity contribution in [2.45, 2.75) is 51.7 Å². The molecule has 6 rings (SSSR count). The molecule has 1 aromatic carbocycles. The Bertz CT molecular complexity index is 1970. The molecule has 1 aliphatic rings. The lowest BCUT2D eigenvalue weighted by atomic mass is 10.2. The van der Waals surface area contributed by atoms with Crippen LogP contribution >= 0.6 is 0 Å². The number of aromatic nitrogens is 6. The van der Waals surface area contributed by atoms with Gasteiger partial charge in [0.15, 0.2) is 5.65 Å². The zero-order valence-corrected chi connectivity index (χ0v) is 23.6. The predicted octanol–water partition coefficient (Wildman–Crippen LogP) is 3.73. The van der Waals surface area contributed by atoms with Gasteiger partial charge in [-0.3, -0.25) is 28.4 Å². The van der Waals surface area contributed by atoms with Crippen LogP contribution < -0.4 is 21.7 Å². The third-order valence-electron chi connectivity index (χ3n) is 7.48. The summed E-state index contributed by atoms with van der Waals surface area (Å²) in [5.41, 5.74) is 0.564. The van der Waals surface area contributed by atoms with Crippen molar-refractivity contribution in [3.8, 4) is 11.4 Å². The SMILES string of the molecule is CCCn1c(=O)n(C2CC2)c(=O)c2[nH]c(-c3ccc(N(CCCn4ccccc4=O)C(=O)c4ccc(F)cc4)nc3)nc21. The van der Waals surface area contributed by atoms with Crippen LogP contribution in [0.25, 0.3) is 22.6 Å². The summed E-state index contributed by atoms with van der Waals surface area (Å²) in [5, 5.41) is 0. The number of hydrogen-bond acceptors (Lipinski definition) is 6. The number of halogens is 1. The molecule has 1 amide bonds. The number of nitrogens with one attached hydrogen (secondary N) is 1. The van der Waals surface area contributed by atoms with E-state index in [4.69, 9.17) is 0 Å². The van der Waals surface area contributed by atoms with Crippen LogP contribution in [0.3, 0.4) is 0 Å². The minimum atomic E-state index is -0.451. The second-order valence-electron chi connectivity index (χ2n) is 10.6. The van der Waals surface area contributed by atoms with Gasteiger partial charge in [0, 0.05) is 55.3 Å². The molecule has 43 heavy (non-hydrogen) atoms. The van der Waals surface area contributed by atoms with Gasteiger partial charge in [-0.2, -0.15) is 0 Å². The Hall–Kier alpha value is -5.13. The van der Waals surface area contributed by atoms with Crippen LogP contribution in [0, 0.1) is 5.82 Å². The van der Waals surface area contributed by atoms with Crippen LogP contribution in [-0.2, 0) is 13.1 Å². The molecule has 220 valence electrons. The predicted molar refractivity (Wildman–Crippen MR) is 160 cm³/mol. The number of H-pyrrole nitrogens is 1. The second-order valence-corrected chi connectivity index (χ2v) is 10.6. The van der Waals surface area contributed by atoms with E-state index >= 15 is 0 Å². The zero-order chi connectivity index (χ0) is 30.1. The number of carbonyl (C=O) groups is 1. The Morgan fingerprint density at radius 1 is 1.05 bits per heavy atom. The fourth-order valence-corrected chi connectivity index (χ4v) is 5.15. The number of aryl methyl sites for hydroxylation is 2. The average molecular weight is 584 g/mol. The number of imidazole rings is 1. The Balaban J connectivity index is 1.32. The first-order valence-corrected chi connectivity index (χ1v) is 14.3. The Labute approximate surface area is 244 Å². The molecule has 1 saturated carbocycles. The molecule has 1 fully saturated rings. The molecular weight excluding hydrogens is 553 g/mol. The van der Waals surface area contributed by atoms with E-state index in [1.807, 2.05) is 6.92 Å². The molecule has 1 N–H and O–H groups in total. The highest BCUT2D eigenvalue weighted by molar-refractivity contribution is 6.05. The minimum Gasteiger partial charge on any atom is -0.332 e. The van der Waals surface area contributed by atoms with Gasteiger partial charge in [0.1, 0.15) is 23.0 Å². The van der Waals surface area contributed by atoms with Crippen LogP contribution in [0.5, 0.6) is 0 Å². The maximum atomic E-state index is 13.5. The summed E-state index contributed by atoms with van der Waals surface area (Å²) in [5.74, 6) is -0.0842. The maximum absolute atomic E-state index is 13.5. The topological polar surface area (TPSA) is 128 Å². The molecule has 4 aromatic heterocycles. The lowest BCUT2D eigenvalue weighted by molar-refractivity contribution is 0.0985. The smallest absolute Gasteiger partial charge is 0.332 e. The van der Waals surface area contributed by atoms with Gasteiger partial charge in [-0.05, 0) is 68.1 Å². The van der Waals surface area contributed by atoms with E-state index < -0.39 is 5.82 Å². The molecule has 5 aromatic rings. The molecule has 4 heterocycles. The average Bonchev–Trinajstić information content (AvgIpc) is 3.75. The second kappa shape index (κ2) is 11.6. The van der Waals surface area contributed by atoms with Gasteiger partial charge in [-0.25, -0.2) is 19.2 Å². The number of benzene rings is 1. The van der Waals surface area contributed by atoms with E-state index in [-0.39, 0.29) is 40.8 Å². The van der Waals surface area contributed by atoms with E-state index in [0.29, 0.717) is 54.3 Å². The summed E-state index contributed by atoms with van der Waals surface area (Å²) >= 11 is 0. The van der Waals surface area contributed by atoms with E-state index in [1.54, 1.807) is 41.2 Å². The standard InChI is InChI=1S/C31H30FN7O4/c1-2-15-38-28-26(30(42)39(31(38)43)23-12-13-23)34-27(35-28)21-9-14-24(33-19-21)37(29(41)20-7-10-22(32)11-8-20)18-5-17-36-16-4-3-6-25(36)40/h3-4,6-11,14,16,19,23H,2,5,12-13,15,17-18H2,1H3,(H,34,35). The van der Waals surface area contributed by atoms with Gasteiger partial charge in [0.25, 0.3) is 11.5 Å². The number of pyridine rings is 2. The molecule has 0 radical (unpaired) electrons. The first-order valence-electron chi connectivity index (χ1n) is 14.3. The van der Waals surface area contributed by atoms with Crippen LogP contribution in [0.1, 0.15) is 49.0 Å². The van der Waals surface area contributed by atoms with E-state index in [1.165, 1.54) is 44.4 Å². The van der Waals surface area contributed by atoms with Crippen molar-refractivity contribution in [2.75, 3.05) is 11.4 Å². The number of hydrogen-bond donors (Lipinski definition) is 1. The lowest BCUT2D eigenvalue weighted by Crippen LogP contribution is -2.39. The highest BCUT2D eigenvalue weighted by Gasteiger charge is 2.30. The van der Waals surface area contributed by atoms with Gasteiger partial charge in [-0.15, -0.1) is 0 Å². The first kappa shape index (κ1) is 28.0. The van der Waals surface area contributed by atoms with Crippen molar-refractivity contribution in [3.05, 3.63) is 110 Å². The number of amides is 1. The molecule has 0 atom stereocenters. The van der Waals surface area contributed by atoms with Crippen molar-refractivity contribution in [3.63, 3.8) is 0 Å². The highest BCUT2D eigenvalue weighted by atomic mass is 19.1. The maximum Gasteiger partial charge on any atom is 0.333 e. The van der Waals surface area contributed by atoms with Gasteiger partial charge < -0.3 is 9.55 Å². The van der Waals surface area contributed by atoms with Crippen molar-refractivity contribution in [1.82, 2.24) is 28.7 Å². The van der Waals surface area contributed by atoms with Crippen LogP contribution in [0.15, 0.2) is 81.4 Å². The number of rotatable bonds is 10. The molecule has 11 nitrogen and oxygen atoms in total. The van der Waals surface area contributed by atoms with Crippen molar-refractivity contribution >= 4 is 22.9 Å². The van der Waals surface area contributed by atoms with Crippen molar-refractivity contribution in [1.29, 1.82) is 0 Å². The fourth-order valence-electron chi connectivity index (χ4n) is 5.15. The monoisotopic (exact) mass is 583 g/mol. The van der Waals surface area contributed by atoms with E-state index in [0.717, 1.165) is 12.8 Å². The van der Waals surface area contributed by atoms with Gasteiger partial charge in [0.05, 0.1) is 0 Å². The molecular formula is C31H30FN7O4. The molecule has 12 heteroatoms. The minimum absolute atomic E-state index is 0.0784. The van der Waals surface area contributed by atoms with Crippen molar-refractivity contribution < 1.29 is 9.18 Å². The number of nitrogens with zero attached hydrogens (tertiary/aromatic N) is 6. The van der Waals surface area contributed by atoms with Crippen LogP contribution in [-0.4, -0.2) is 41.1 Å². The summed E-state index contributed by atoms with van der Waals surface area (Å²) in [7, 11) is 0. The van der Waals surface area contributed by atoms with E-state index in [9.17, 15) is 23.6 Å². The Morgan fingerprint density at radius 2 is 1.84 bits per heavy atom. The summed E-state index contributed by atoms with van der Waals surface area (Å²) in [6.07, 6.45) is 6.00. The van der Waals surface area contributed by atoms with Gasteiger partial charge in [0.2, 0.25) is 5.56 Å². The largest absolute Gasteiger partial charge is 0.333 e. The molecule has 0 unspecified atom stereocenters. The molecule has 0 aliphatic heterocycles. The first-order chi connectivity index (χ1) is 20.9. The molecule has 0 spiro atoms. The van der Waals surface area contributed by atoms with Crippen LogP contribution in [0.2, 0.25) is 0 Å². The number of aromatic amines is 1. The Morgan fingerprint density at radius 3 is 2.51 bits per heavy atom. The summed E-state index contributed by atoms with van der Waals surface area (Å²) in [4.78, 5) is 65.7. The third kappa shape index (κ3) is 5.55. The van der Waals surface area contributed by atoms with Crippen molar-refractivity contribution in [2.24, 2.45) is 0 Å². The molecule has 1 aliphatic carbocycles. The Kier molecular flexibility index (Phi) is 7.58. The quantitative estimate of drug-likeness (QED) is 0.267. The number of anilines is 1. The van der Waals surface area contributed by atoms with E-state index in [2.05, 4.69) is 15.0 Å². The third-order valence-corrected chi connectivity index (χ3v) is 7.48. The summed E-state index contributed by atoms with van der Waals surface area (Å²) in [6, 6.07) is 13.5. The van der Waals surface area contributed by atoms with Gasteiger partial charge in [-0.1, -0.05) is 13.0 Å². The number of carbonyl (C=O) groups excluding carboxylic acids is 1. The van der Waals surface area contributed by atoms with Crippen LogP contribution in [0.4, 0.5) is 10.2 Å². The fraction of sp³-hybridized carbons (Fsp3) is 0.290. The summed E-state index contributed by atoms with van der Waals surface area (Å²) in [6.45, 7) is 3.03. The molecule has 0 bridgehead atoms. The summed E-state index contributed by atoms with van der Waals surface area (Å²) < 4.78 is 18.0. The normalized spacial score (nSPS) is 13.0. The zero-order valence-electron chi connectivity index (χ0n) is 23.6.